The van der Waals surface area contributed by atoms with Crippen LogP contribution >= 0.6 is 0 Å². The van der Waals surface area contributed by atoms with Crippen molar-refractivity contribution in [3.05, 3.63) is 29.8 Å². The summed E-state index contributed by atoms with van der Waals surface area (Å²) in [5.41, 5.74) is 6.45. The summed E-state index contributed by atoms with van der Waals surface area (Å²) < 4.78 is 5.12. The second-order valence-corrected chi connectivity index (χ2v) is 5.84. The number of hydrogen-bond acceptors (Lipinski definition) is 4. The van der Waals surface area contributed by atoms with E-state index in [-0.39, 0.29) is 17.9 Å². The minimum atomic E-state index is -0.315. The molecule has 6 heteroatoms. The smallest absolute Gasteiger partial charge is 0.234 e. The van der Waals surface area contributed by atoms with Gasteiger partial charge in [-0.25, -0.2) is 0 Å². The van der Waals surface area contributed by atoms with Gasteiger partial charge >= 0.3 is 0 Å². The average molecular weight is 319 g/mol. The summed E-state index contributed by atoms with van der Waals surface area (Å²) in [6.07, 6.45) is 1.22. The van der Waals surface area contributed by atoms with E-state index in [1.807, 2.05) is 41.0 Å². The van der Waals surface area contributed by atoms with Gasteiger partial charge in [-0.15, -0.1) is 0 Å². The standard InChI is InChI=1S/C17H25N3O3/c1-13(17(18)22)19-9-11-20(12-10-19)16(21)8-5-14-3-6-15(23-2)7-4-14/h3-4,6-7,13H,5,8-12H2,1-2H3,(H2,18,22)/t13-/m1/s1. The third-order valence-electron chi connectivity index (χ3n) is 4.41. The minimum absolute atomic E-state index is 0.159. The number of nitrogens with zero attached hydrogens (tertiary/aromatic N) is 2. The van der Waals surface area contributed by atoms with Crippen molar-refractivity contribution in [2.45, 2.75) is 25.8 Å². The maximum absolute atomic E-state index is 12.3. The summed E-state index contributed by atoms with van der Waals surface area (Å²) in [6.45, 7) is 4.50. The number of primary amides is 1. The second kappa shape index (κ2) is 7.97. The van der Waals surface area contributed by atoms with Gasteiger partial charge in [-0.2, -0.15) is 0 Å². The van der Waals surface area contributed by atoms with Gasteiger partial charge in [0, 0.05) is 32.6 Å². The van der Waals surface area contributed by atoms with E-state index >= 15 is 0 Å². The first-order chi connectivity index (χ1) is 11.0. The molecule has 2 rings (SSSR count). The van der Waals surface area contributed by atoms with Crippen molar-refractivity contribution in [2.75, 3.05) is 33.3 Å². The number of methoxy groups -OCH3 is 1. The Kier molecular flexibility index (Phi) is 5.98. The monoisotopic (exact) mass is 319 g/mol. The van der Waals surface area contributed by atoms with Gasteiger partial charge < -0.3 is 15.4 Å². The van der Waals surface area contributed by atoms with Crippen molar-refractivity contribution in [1.29, 1.82) is 0 Å². The Bertz CT molecular complexity index is 537. The largest absolute Gasteiger partial charge is 0.497 e. The lowest BCUT2D eigenvalue weighted by Crippen LogP contribution is -2.54. The molecule has 0 radical (unpaired) electrons. The molecule has 2 N–H and O–H groups in total. The van der Waals surface area contributed by atoms with Crippen LogP contribution in [0, 0.1) is 0 Å². The molecule has 1 aliphatic rings. The number of carbonyl (C=O) groups excluding carboxylic acids is 2. The number of aryl methyl sites for hydroxylation is 1. The molecule has 1 fully saturated rings. The fourth-order valence-electron chi connectivity index (χ4n) is 2.74. The fraction of sp³-hybridized carbons (Fsp3) is 0.529. The van der Waals surface area contributed by atoms with E-state index in [0.717, 1.165) is 17.7 Å². The Morgan fingerprint density at radius 2 is 1.78 bits per heavy atom. The van der Waals surface area contributed by atoms with Crippen LogP contribution in [0.3, 0.4) is 0 Å². The second-order valence-electron chi connectivity index (χ2n) is 5.84. The fourth-order valence-corrected chi connectivity index (χ4v) is 2.74. The van der Waals surface area contributed by atoms with Crippen LogP contribution in [0.2, 0.25) is 0 Å². The Morgan fingerprint density at radius 3 is 2.30 bits per heavy atom. The predicted molar refractivity (Wildman–Crippen MR) is 88.1 cm³/mol. The lowest BCUT2D eigenvalue weighted by atomic mass is 10.1. The first-order valence-corrected chi connectivity index (χ1v) is 7.95. The minimum Gasteiger partial charge on any atom is -0.497 e. The average Bonchev–Trinajstić information content (AvgIpc) is 2.59. The molecule has 0 spiro atoms. The van der Waals surface area contributed by atoms with Crippen molar-refractivity contribution >= 4 is 11.8 Å². The Morgan fingerprint density at radius 1 is 1.17 bits per heavy atom. The molecular formula is C17H25N3O3. The molecular weight excluding hydrogens is 294 g/mol. The van der Waals surface area contributed by atoms with Crippen LogP contribution in [-0.2, 0) is 16.0 Å². The van der Waals surface area contributed by atoms with E-state index in [9.17, 15) is 9.59 Å². The van der Waals surface area contributed by atoms with Crippen molar-refractivity contribution in [1.82, 2.24) is 9.80 Å². The zero-order valence-electron chi connectivity index (χ0n) is 13.8. The number of carbonyl (C=O) groups is 2. The van der Waals surface area contributed by atoms with Gasteiger partial charge in [-0.1, -0.05) is 12.1 Å². The summed E-state index contributed by atoms with van der Waals surface area (Å²) in [5.74, 6) is 0.663. The number of amides is 2. The van der Waals surface area contributed by atoms with Crippen molar-refractivity contribution in [3.63, 3.8) is 0 Å². The van der Waals surface area contributed by atoms with Gasteiger partial charge in [0.05, 0.1) is 13.2 Å². The van der Waals surface area contributed by atoms with Gasteiger partial charge in [0.1, 0.15) is 5.75 Å². The first-order valence-electron chi connectivity index (χ1n) is 7.95. The zero-order valence-corrected chi connectivity index (χ0v) is 13.8. The molecule has 0 bridgehead atoms. The molecule has 1 saturated heterocycles. The van der Waals surface area contributed by atoms with E-state index in [1.54, 1.807) is 7.11 Å². The van der Waals surface area contributed by atoms with Crippen LogP contribution in [0.25, 0.3) is 0 Å². The number of rotatable bonds is 6. The van der Waals surface area contributed by atoms with Crippen molar-refractivity contribution in [3.8, 4) is 5.75 Å². The van der Waals surface area contributed by atoms with E-state index in [4.69, 9.17) is 10.5 Å². The van der Waals surface area contributed by atoms with E-state index < -0.39 is 0 Å². The molecule has 1 heterocycles. The van der Waals surface area contributed by atoms with E-state index in [0.29, 0.717) is 32.6 Å². The van der Waals surface area contributed by atoms with Crippen LogP contribution in [0.5, 0.6) is 5.75 Å². The van der Waals surface area contributed by atoms with Crippen LogP contribution in [0.1, 0.15) is 18.9 Å². The van der Waals surface area contributed by atoms with Crippen LogP contribution < -0.4 is 10.5 Å². The quantitative estimate of drug-likeness (QED) is 0.835. The molecule has 0 aliphatic carbocycles. The molecule has 1 aromatic carbocycles. The summed E-state index contributed by atoms with van der Waals surface area (Å²) in [7, 11) is 1.64. The van der Waals surface area contributed by atoms with Crippen molar-refractivity contribution < 1.29 is 14.3 Å². The molecule has 0 saturated carbocycles. The van der Waals surface area contributed by atoms with Gasteiger partial charge in [0.25, 0.3) is 0 Å². The molecule has 2 amide bonds. The van der Waals surface area contributed by atoms with Gasteiger partial charge in [-0.3, -0.25) is 14.5 Å². The molecule has 0 unspecified atom stereocenters. The van der Waals surface area contributed by atoms with E-state index in [2.05, 4.69) is 0 Å². The highest BCUT2D eigenvalue weighted by Crippen LogP contribution is 2.14. The lowest BCUT2D eigenvalue weighted by molar-refractivity contribution is -0.133. The lowest BCUT2D eigenvalue weighted by Gasteiger charge is -2.37. The van der Waals surface area contributed by atoms with Crippen LogP contribution in [0.15, 0.2) is 24.3 Å². The maximum atomic E-state index is 12.3. The molecule has 126 valence electrons. The first kappa shape index (κ1) is 17.3. The zero-order chi connectivity index (χ0) is 16.8. The number of nitrogens with two attached hydrogens (primary N) is 1. The van der Waals surface area contributed by atoms with Crippen LogP contribution in [-0.4, -0.2) is 60.9 Å². The Balaban J connectivity index is 1.77. The molecule has 1 aromatic rings. The maximum Gasteiger partial charge on any atom is 0.234 e. The molecule has 0 aromatic heterocycles. The third-order valence-corrected chi connectivity index (χ3v) is 4.41. The molecule has 1 atom stereocenters. The highest BCUT2D eigenvalue weighted by molar-refractivity contribution is 5.79. The van der Waals surface area contributed by atoms with Crippen LogP contribution in [0.4, 0.5) is 0 Å². The van der Waals surface area contributed by atoms with Crippen molar-refractivity contribution in [2.24, 2.45) is 5.73 Å². The number of ether oxygens (including phenoxy) is 1. The highest BCUT2D eigenvalue weighted by Gasteiger charge is 2.25. The normalized spacial score (nSPS) is 16.9. The number of piperazine rings is 1. The molecule has 23 heavy (non-hydrogen) atoms. The summed E-state index contributed by atoms with van der Waals surface area (Å²) in [6, 6.07) is 7.51. The Labute approximate surface area is 137 Å². The molecule has 1 aliphatic heterocycles. The SMILES string of the molecule is COc1ccc(CCC(=O)N2CCN([C@H](C)C(N)=O)CC2)cc1. The topological polar surface area (TPSA) is 75.9 Å². The molecule has 6 nitrogen and oxygen atoms in total. The summed E-state index contributed by atoms with van der Waals surface area (Å²) in [5, 5.41) is 0. The number of hydrogen-bond donors (Lipinski definition) is 1. The summed E-state index contributed by atoms with van der Waals surface area (Å²) in [4.78, 5) is 27.4. The predicted octanol–water partition coefficient (Wildman–Crippen LogP) is 0.646. The summed E-state index contributed by atoms with van der Waals surface area (Å²) >= 11 is 0. The third kappa shape index (κ3) is 4.69. The Hall–Kier alpha value is -2.08. The van der Waals surface area contributed by atoms with Gasteiger partial charge in [0.15, 0.2) is 0 Å². The van der Waals surface area contributed by atoms with E-state index in [1.165, 1.54) is 0 Å². The number of benzene rings is 1. The highest BCUT2D eigenvalue weighted by atomic mass is 16.5. The van der Waals surface area contributed by atoms with Gasteiger partial charge in [0.2, 0.25) is 11.8 Å². The van der Waals surface area contributed by atoms with Gasteiger partial charge in [-0.05, 0) is 31.0 Å².